The van der Waals surface area contributed by atoms with Crippen LogP contribution in [0.15, 0.2) is 57.7 Å². The summed E-state index contributed by atoms with van der Waals surface area (Å²) in [6, 6.07) is 12.4. The molecule has 29 heavy (non-hydrogen) atoms. The van der Waals surface area contributed by atoms with E-state index in [0.717, 1.165) is 0 Å². The predicted molar refractivity (Wildman–Crippen MR) is 109 cm³/mol. The molecule has 2 aliphatic heterocycles. The highest BCUT2D eigenvalue weighted by Crippen LogP contribution is 2.41. The van der Waals surface area contributed by atoms with Gasteiger partial charge in [0.1, 0.15) is 5.58 Å². The Hall–Kier alpha value is -2.64. The van der Waals surface area contributed by atoms with Crippen molar-refractivity contribution in [1.29, 1.82) is 0 Å². The van der Waals surface area contributed by atoms with Gasteiger partial charge in [0, 0.05) is 11.1 Å². The summed E-state index contributed by atoms with van der Waals surface area (Å²) in [7, 11) is -3.23. The first kappa shape index (κ1) is 18.4. The average molecular weight is 430 g/mol. The summed E-state index contributed by atoms with van der Waals surface area (Å²) in [5.41, 5.74) is 0.926. The lowest BCUT2D eigenvalue weighted by molar-refractivity contribution is 0.0662. The van der Waals surface area contributed by atoms with Crippen LogP contribution in [0.4, 0.5) is 0 Å². The van der Waals surface area contributed by atoms with Crippen LogP contribution in [0, 0.1) is 0 Å². The van der Waals surface area contributed by atoms with Crippen molar-refractivity contribution >= 4 is 38.3 Å². The number of hydrogen-bond acceptors (Lipinski definition) is 5. The minimum Gasteiger partial charge on any atom is -0.450 e. The molecule has 0 spiro atoms. The van der Waals surface area contributed by atoms with Gasteiger partial charge in [-0.05, 0) is 36.2 Å². The second kappa shape index (κ2) is 6.43. The fraction of sp³-hybridized carbons (Fsp3) is 0.238. The standard InChI is InChI=1S/C21H16ClNO5S/c22-13-5-3-4-12(10-13)18-17-19(24)15-6-1-2-7-16(15)28-20(17)21(25)23(18)14-8-9-29(26,27)11-14/h1-7,10,14,18H,8-9,11H2/t14-,18-/m1/s1. The molecule has 3 heterocycles. The molecule has 8 heteroatoms. The summed E-state index contributed by atoms with van der Waals surface area (Å²) in [5, 5.41) is 0.847. The Morgan fingerprint density at radius 1 is 1.07 bits per heavy atom. The van der Waals surface area contributed by atoms with E-state index in [1.807, 2.05) is 0 Å². The fourth-order valence-electron chi connectivity index (χ4n) is 4.31. The van der Waals surface area contributed by atoms with Crippen molar-refractivity contribution in [2.75, 3.05) is 11.5 Å². The summed E-state index contributed by atoms with van der Waals surface area (Å²) < 4.78 is 30.0. The summed E-state index contributed by atoms with van der Waals surface area (Å²) in [6.07, 6.45) is 0.326. The van der Waals surface area contributed by atoms with Gasteiger partial charge in [-0.2, -0.15) is 0 Å². The Bertz CT molecular complexity index is 1330. The Labute approximate surface area is 171 Å². The van der Waals surface area contributed by atoms with Gasteiger partial charge in [0.25, 0.3) is 5.91 Å². The summed E-state index contributed by atoms with van der Waals surface area (Å²) in [4.78, 5) is 28.1. The molecule has 0 bridgehead atoms. The van der Waals surface area contributed by atoms with Crippen LogP contribution in [0.1, 0.15) is 34.1 Å². The van der Waals surface area contributed by atoms with Gasteiger partial charge in [0.2, 0.25) is 5.76 Å². The Morgan fingerprint density at radius 3 is 2.59 bits per heavy atom. The highest BCUT2D eigenvalue weighted by atomic mass is 35.5. The Balaban J connectivity index is 1.77. The molecule has 2 aromatic carbocycles. The van der Waals surface area contributed by atoms with Crippen LogP contribution in [0.25, 0.3) is 11.0 Å². The first-order valence-electron chi connectivity index (χ1n) is 9.20. The molecule has 5 rings (SSSR count). The minimum absolute atomic E-state index is 0.0173. The molecular formula is C21H16ClNO5S. The summed E-state index contributed by atoms with van der Waals surface area (Å²) >= 11 is 6.17. The van der Waals surface area contributed by atoms with E-state index in [1.54, 1.807) is 48.5 Å². The van der Waals surface area contributed by atoms with E-state index in [1.165, 1.54) is 4.90 Å². The molecule has 0 saturated carbocycles. The molecule has 0 N–H and O–H groups in total. The van der Waals surface area contributed by atoms with Crippen molar-refractivity contribution in [3.05, 3.63) is 80.7 Å². The van der Waals surface area contributed by atoms with E-state index in [-0.39, 0.29) is 28.3 Å². The Kier molecular flexibility index (Phi) is 4.08. The van der Waals surface area contributed by atoms with Crippen molar-refractivity contribution in [1.82, 2.24) is 4.90 Å². The molecule has 3 aromatic rings. The van der Waals surface area contributed by atoms with Gasteiger partial charge in [0.15, 0.2) is 15.3 Å². The highest BCUT2D eigenvalue weighted by Gasteiger charge is 2.48. The number of para-hydroxylation sites is 1. The first-order valence-corrected chi connectivity index (χ1v) is 11.4. The summed E-state index contributed by atoms with van der Waals surface area (Å²) in [5.74, 6) is -0.598. The maximum absolute atomic E-state index is 13.3. The van der Waals surface area contributed by atoms with Crippen LogP contribution >= 0.6 is 11.6 Å². The van der Waals surface area contributed by atoms with Crippen molar-refractivity contribution in [3.8, 4) is 0 Å². The zero-order valence-corrected chi connectivity index (χ0v) is 16.7. The second-order valence-corrected chi connectivity index (χ2v) is 10.1. The smallest absolute Gasteiger partial charge is 0.291 e. The molecule has 0 radical (unpaired) electrons. The highest BCUT2D eigenvalue weighted by molar-refractivity contribution is 7.91. The number of carbonyl (C=O) groups is 1. The van der Waals surface area contributed by atoms with Gasteiger partial charge >= 0.3 is 0 Å². The molecule has 6 nitrogen and oxygen atoms in total. The maximum Gasteiger partial charge on any atom is 0.291 e. The van der Waals surface area contributed by atoms with E-state index < -0.39 is 27.8 Å². The minimum atomic E-state index is -3.23. The topological polar surface area (TPSA) is 84.7 Å². The summed E-state index contributed by atoms with van der Waals surface area (Å²) in [6.45, 7) is 0. The second-order valence-electron chi connectivity index (χ2n) is 7.40. The van der Waals surface area contributed by atoms with Crippen molar-refractivity contribution in [3.63, 3.8) is 0 Å². The normalized spacial score (nSPS) is 22.9. The van der Waals surface area contributed by atoms with Crippen molar-refractivity contribution < 1.29 is 17.6 Å². The predicted octanol–water partition coefficient (Wildman–Crippen LogP) is 3.18. The van der Waals surface area contributed by atoms with E-state index in [4.69, 9.17) is 16.0 Å². The number of benzene rings is 2. The number of hydrogen-bond donors (Lipinski definition) is 0. The molecule has 2 aliphatic rings. The fourth-order valence-corrected chi connectivity index (χ4v) is 6.22. The number of amides is 1. The van der Waals surface area contributed by atoms with Gasteiger partial charge in [-0.25, -0.2) is 8.42 Å². The van der Waals surface area contributed by atoms with E-state index in [2.05, 4.69) is 0 Å². The van der Waals surface area contributed by atoms with Crippen LogP contribution < -0.4 is 5.43 Å². The maximum atomic E-state index is 13.3. The van der Waals surface area contributed by atoms with Crippen LogP contribution in [0.2, 0.25) is 5.02 Å². The number of halogens is 1. The SMILES string of the molecule is O=C1c2oc3ccccc3c(=O)c2[C@@H](c2cccc(Cl)c2)N1[C@@H]1CCS(=O)(=O)C1. The third-order valence-electron chi connectivity index (χ3n) is 5.58. The zero-order chi connectivity index (χ0) is 20.3. The molecule has 2 atom stereocenters. The molecule has 0 aliphatic carbocycles. The lowest BCUT2D eigenvalue weighted by Gasteiger charge is -2.30. The van der Waals surface area contributed by atoms with Gasteiger partial charge in [-0.15, -0.1) is 0 Å². The third kappa shape index (κ3) is 2.88. The van der Waals surface area contributed by atoms with Crippen LogP contribution in [0.5, 0.6) is 0 Å². The van der Waals surface area contributed by atoms with Crippen molar-refractivity contribution in [2.24, 2.45) is 0 Å². The lowest BCUT2D eigenvalue weighted by Crippen LogP contribution is -2.40. The first-order chi connectivity index (χ1) is 13.9. The third-order valence-corrected chi connectivity index (χ3v) is 7.56. The van der Waals surface area contributed by atoms with E-state index in [0.29, 0.717) is 28.0 Å². The molecule has 1 saturated heterocycles. The van der Waals surface area contributed by atoms with Crippen LogP contribution in [0.3, 0.4) is 0 Å². The quantitative estimate of drug-likeness (QED) is 0.624. The van der Waals surface area contributed by atoms with Gasteiger partial charge in [0.05, 0.1) is 28.5 Å². The van der Waals surface area contributed by atoms with Crippen LogP contribution in [-0.4, -0.2) is 36.8 Å². The number of sulfone groups is 1. The number of carbonyl (C=O) groups excluding carboxylic acids is 1. The van der Waals surface area contributed by atoms with Gasteiger partial charge < -0.3 is 9.32 Å². The largest absolute Gasteiger partial charge is 0.450 e. The molecular weight excluding hydrogens is 414 g/mol. The van der Waals surface area contributed by atoms with E-state index in [9.17, 15) is 18.0 Å². The average Bonchev–Trinajstić information content (AvgIpc) is 3.19. The van der Waals surface area contributed by atoms with E-state index >= 15 is 0 Å². The zero-order valence-electron chi connectivity index (χ0n) is 15.2. The monoisotopic (exact) mass is 429 g/mol. The number of rotatable bonds is 2. The van der Waals surface area contributed by atoms with Gasteiger partial charge in [-0.1, -0.05) is 35.9 Å². The van der Waals surface area contributed by atoms with Crippen molar-refractivity contribution in [2.45, 2.75) is 18.5 Å². The molecule has 1 amide bonds. The van der Waals surface area contributed by atoms with Crippen LogP contribution in [-0.2, 0) is 9.84 Å². The number of fused-ring (bicyclic) bond motifs is 2. The molecule has 148 valence electrons. The Morgan fingerprint density at radius 2 is 1.86 bits per heavy atom. The molecule has 1 fully saturated rings. The lowest BCUT2D eigenvalue weighted by atomic mass is 9.97. The molecule has 0 unspecified atom stereocenters. The molecule has 1 aromatic heterocycles. The van der Waals surface area contributed by atoms with Gasteiger partial charge in [-0.3, -0.25) is 9.59 Å². The number of nitrogens with zero attached hydrogens (tertiary/aromatic N) is 1.